The Labute approximate surface area is 206 Å². The highest BCUT2D eigenvalue weighted by atomic mass is 35.5. The summed E-state index contributed by atoms with van der Waals surface area (Å²) in [5.41, 5.74) is 6.35. The minimum Gasteiger partial charge on any atom is -0.368 e. The van der Waals surface area contributed by atoms with Gasteiger partial charge in [-0.25, -0.2) is 32.3 Å². The predicted octanol–water partition coefficient (Wildman–Crippen LogP) is 3.70. The molecule has 12 heteroatoms. The summed E-state index contributed by atoms with van der Waals surface area (Å²) in [6, 6.07) is 8.50. The van der Waals surface area contributed by atoms with Crippen molar-refractivity contribution in [2.75, 3.05) is 5.73 Å². The molecule has 3 aromatic rings. The van der Waals surface area contributed by atoms with Crippen molar-refractivity contribution in [3.8, 4) is 11.1 Å². The molecule has 0 bridgehead atoms. The van der Waals surface area contributed by atoms with Gasteiger partial charge in [0.05, 0.1) is 11.4 Å². The third kappa shape index (κ3) is 4.30. The normalized spacial score (nSPS) is 18.1. The zero-order valence-electron chi connectivity index (χ0n) is 19.0. The molecule has 0 aliphatic carbocycles. The number of hydrogen-bond donors (Lipinski definition) is 4. The summed E-state index contributed by atoms with van der Waals surface area (Å²) < 4.78 is 52.7. The number of anilines is 1. The van der Waals surface area contributed by atoms with Crippen molar-refractivity contribution in [3.63, 3.8) is 0 Å². The smallest absolute Gasteiger partial charge is 0.243 e. The lowest BCUT2D eigenvalue weighted by Gasteiger charge is -2.42. The molecule has 2 aromatic carbocycles. The highest BCUT2D eigenvalue weighted by Crippen LogP contribution is 2.42. The van der Waals surface area contributed by atoms with E-state index in [1.54, 1.807) is 30.6 Å². The molecule has 0 radical (unpaired) electrons. The molecule has 4 rings (SSSR count). The van der Waals surface area contributed by atoms with E-state index < -0.39 is 37.6 Å². The molecule has 0 amide bonds. The van der Waals surface area contributed by atoms with E-state index in [1.807, 2.05) is 20.8 Å². The molecule has 184 valence electrons. The van der Waals surface area contributed by atoms with Crippen LogP contribution in [-0.4, -0.2) is 18.4 Å². The molecule has 1 aliphatic rings. The number of nitrogens with zero attached hydrogens (tertiary/aromatic N) is 2. The summed E-state index contributed by atoms with van der Waals surface area (Å²) in [4.78, 5) is 7.13. The zero-order chi connectivity index (χ0) is 25.8. The number of hydrogen-bond acceptors (Lipinski definition) is 7. The van der Waals surface area contributed by atoms with E-state index in [0.717, 1.165) is 12.1 Å². The number of rotatable bonds is 4. The standard InChI is InChI=1S/C23H23ClF2N6O2S/c1-22(2,3)23(18-8-9-29-21(27)31-18)30-11-17(32-23)12-4-6-15(24)14(10-12)13-5-7-16(25)20(19(13)26)35(28,33)34/h4-11,30,32H,1-3H3,(H2,27,29,31)(H2,28,33,34). The van der Waals surface area contributed by atoms with Crippen molar-refractivity contribution in [2.24, 2.45) is 10.6 Å². The largest absolute Gasteiger partial charge is 0.368 e. The van der Waals surface area contributed by atoms with Crippen LogP contribution in [0.2, 0.25) is 5.02 Å². The van der Waals surface area contributed by atoms with Crippen LogP contribution in [-0.2, 0) is 15.7 Å². The van der Waals surface area contributed by atoms with Gasteiger partial charge in [-0.15, -0.1) is 0 Å². The van der Waals surface area contributed by atoms with Gasteiger partial charge in [0.1, 0.15) is 5.82 Å². The maximum absolute atomic E-state index is 15.1. The number of benzene rings is 2. The van der Waals surface area contributed by atoms with Gasteiger partial charge < -0.3 is 16.4 Å². The maximum atomic E-state index is 15.1. The Kier molecular flexibility index (Phi) is 5.98. The number of aromatic nitrogens is 2. The van der Waals surface area contributed by atoms with Crippen molar-refractivity contribution in [2.45, 2.75) is 31.3 Å². The Morgan fingerprint density at radius 2 is 1.80 bits per heavy atom. The van der Waals surface area contributed by atoms with Gasteiger partial charge in [0.2, 0.25) is 16.0 Å². The first-order chi connectivity index (χ1) is 16.2. The lowest BCUT2D eigenvalue weighted by Crippen LogP contribution is -2.56. The lowest BCUT2D eigenvalue weighted by atomic mass is 9.78. The van der Waals surface area contributed by atoms with Gasteiger partial charge in [0.25, 0.3) is 0 Å². The van der Waals surface area contributed by atoms with E-state index >= 15 is 4.39 Å². The Hall–Kier alpha value is -3.28. The monoisotopic (exact) mass is 520 g/mol. The van der Waals surface area contributed by atoms with Gasteiger partial charge in [-0.2, -0.15) is 0 Å². The summed E-state index contributed by atoms with van der Waals surface area (Å²) in [6.07, 6.45) is 3.31. The minimum atomic E-state index is -4.65. The molecule has 2 heterocycles. The molecule has 1 unspecified atom stereocenters. The first kappa shape index (κ1) is 24.8. The van der Waals surface area contributed by atoms with Crippen LogP contribution in [0.1, 0.15) is 32.0 Å². The van der Waals surface area contributed by atoms with Gasteiger partial charge >= 0.3 is 0 Å². The van der Waals surface area contributed by atoms with Gasteiger partial charge in [-0.3, -0.25) is 0 Å². The van der Waals surface area contributed by atoms with Crippen LogP contribution < -0.4 is 21.5 Å². The first-order valence-electron chi connectivity index (χ1n) is 10.4. The second-order valence-corrected chi connectivity index (χ2v) is 11.0. The fraction of sp³-hybridized carbons (Fsp3) is 0.217. The lowest BCUT2D eigenvalue weighted by molar-refractivity contribution is 0.138. The molecule has 1 aliphatic heterocycles. The van der Waals surface area contributed by atoms with Crippen molar-refractivity contribution in [1.82, 2.24) is 20.6 Å². The van der Waals surface area contributed by atoms with Crippen LogP contribution in [0.4, 0.5) is 14.7 Å². The van der Waals surface area contributed by atoms with Crippen molar-refractivity contribution in [3.05, 3.63) is 76.7 Å². The third-order valence-corrected chi connectivity index (χ3v) is 7.11. The molecular formula is C23H23ClF2N6O2S. The fourth-order valence-electron chi connectivity index (χ4n) is 4.02. The second kappa shape index (κ2) is 8.43. The summed E-state index contributed by atoms with van der Waals surface area (Å²) in [7, 11) is -4.65. The number of halogens is 3. The number of nitrogens with two attached hydrogens (primary N) is 2. The molecule has 0 spiro atoms. The van der Waals surface area contributed by atoms with Gasteiger partial charge in [-0.05, 0) is 35.9 Å². The van der Waals surface area contributed by atoms with E-state index in [1.165, 1.54) is 6.07 Å². The van der Waals surface area contributed by atoms with E-state index in [-0.39, 0.29) is 22.1 Å². The van der Waals surface area contributed by atoms with Crippen LogP contribution in [0, 0.1) is 17.0 Å². The Morgan fingerprint density at radius 3 is 2.43 bits per heavy atom. The third-order valence-electron chi connectivity index (χ3n) is 5.84. The average Bonchev–Trinajstić information content (AvgIpc) is 3.21. The van der Waals surface area contributed by atoms with Crippen LogP contribution in [0.5, 0.6) is 0 Å². The molecule has 8 nitrogen and oxygen atoms in total. The molecule has 0 fully saturated rings. The van der Waals surface area contributed by atoms with Gasteiger partial charge in [0.15, 0.2) is 16.4 Å². The molecule has 6 N–H and O–H groups in total. The summed E-state index contributed by atoms with van der Waals surface area (Å²) >= 11 is 6.33. The Balaban J connectivity index is 1.80. The molecule has 35 heavy (non-hydrogen) atoms. The topological polar surface area (TPSA) is 136 Å². The van der Waals surface area contributed by atoms with Crippen LogP contribution in [0.25, 0.3) is 16.8 Å². The fourth-order valence-corrected chi connectivity index (χ4v) is 4.94. The highest BCUT2D eigenvalue weighted by molar-refractivity contribution is 7.89. The van der Waals surface area contributed by atoms with E-state index in [4.69, 9.17) is 22.5 Å². The summed E-state index contributed by atoms with van der Waals surface area (Å²) in [6.45, 7) is 6.04. The molecule has 1 atom stereocenters. The number of sulfonamides is 1. The molecule has 0 saturated heterocycles. The quantitative estimate of drug-likeness (QED) is 0.412. The SMILES string of the molecule is CC(C)(C)C1(c2ccnc(N)n2)NC=C(c2ccc(Cl)c(-c3ccc(F)c(S(N)(=O)=O)c3F)c2)N1. The Morgan fingerprint density at radius 1 is 1.09 bits per heavy atom. The highest BCUT2D eigenvalue weighted by Gasteiger charge is 2.47. The van der Waals surface area contributed by atoms with Crippen LogP contribution in [0.15, 0.2) is 53.7 Å². The number of nitrogen functional groups attached to an aromatic ring is 1. The van der Waals surface area contributed by atoms with Crippen LogP contribution >= 0.6 is 11.6 Å². The Bertz CT molecular complexity index is 1470. The summed E-state index contributed by atoms with van der Waals surface area (Å²) in [5.74, 6) is -2.49. The summed E-state index contributed by atoms with van der Waals surface area (Å²) in [5, 5.41) is 12.0. The van der Waals surface area contributed by atoms with E-state index in [0.29, 0.717) is 17.0 Å². The number of nitrogens with one attached hydrogen (secondary N) is 2. The minimum absolute atomic E-state index is 0.120. The molecular weight excluding hydrogens is 498 g/mol. The second-order valence-electron chi connectivity index (χ2n) is 9.11. The van der Waals surface area contributed by atoms with Crippen molar-refractivity contribution >= 4 is 33.3 Å². The van der Waals surface area contributed by atoms with Gasteiger partial charge in [0, 0.05) is 34.0 Å². The molecule has 1 aromatic heterocycles. The first-order valence-corrected chi connectivity index (χ1v) is 12.3. The zero-order valence-corrected chi connectivity index (χ0v) is 20.6. The predicted molar refractivity (Wildman–Crippen MR) is 130 cm³/mol. The maximum Gasteiger partial charge on any atom is 0.243 e. The van der Waals surface area contributed by atoms with E-state index in [2.05, 4.69) is 20.6 Å². The number of primary sulfonamides is 1. The van der Waals surface area contributed by atoms with Gasteiger partial charge in [-0.1, -0.05) is 38.4 Å². The van der Waals surface area contributed by atoms with Crippen molar-refractivity contribution < 1.29 is 17.2 Å². The average molecular weight is 521 g/mol. The van der Waals surface area contributed by atoms with Crippen molar-refractivity contribution in [1.29, 1.82) is 0 Å². The van der Waals surface area contributed by atoms with Crippen LogP contribution in [0.3, 0.4) is 0 Å². The van der Waals surface area contributed by atoms with E-state index in [9.17, 15) is 12.8 Å². The molecule has 0 saturated carbocycles.